The minimum absolute atomic E-state index is 0.0590. The van der Waals surface area contributed by atoms with Gasteiger partial charge in [-0.15, -0.1) is 22.7 Å². The lowest BCUT2D eigenvalue weighted by atomic mass is 10.1. The highest BCUT2D eigenvalue weighted by atomic mass is 32.1. The Morgan fingerprint density at radius 1 is 1.08 bits per heavy atom. The number of thiophene rings is 1. The second-order valence-electron chi connectivity index (χ2n) is 5.75. The minimum Gasteiger partial charge on any atom is -0.347 e. The zero-order chi connectivity index (χ0) is 17.2. The molecule has 25 heavy (non-hydrogen) atoms. The van der Waals surface area contributed by atoms with Crippen LogP contribution in [-0.2, 0) is 6.54 Å². The van der Waals surface area contributed by atoms with E-state index >= 15 is 0 Å². The Balaban J connectivity index is 1.49. The van der Waals surface area contributed by atoms with E-state index in [0.29, 0.717) is 12.1 Å². The van der Waals surface area contributed by atoms with E-state index in [4.69, 9.17) is 0 Å². The van der Waals surface area contributed by atoms with Gasteiger partial charge in [0.1, 0.15) is 5.01 Å². The van der Waals surface area contributed by atoms with Crippen molar-refractivity contribution in [1.29, 1.82) is 0 Å². The fourth-order valence-corrected chi connectivity index (χ4v) is 4.49. The number of hydrogen-bond donors (Lipinski definition) is 1. The molecule has 0 saturated carbocycles. The molecule has 0 spiro atoms. The number of aryl methyl sites for hydroxylation is 1. The van der Waals surface area contributed by atoms with Crippen molar-refractivity contribution >= 4 is 39.4 Å². The van der Waals surface area contributed by atoms with Crippen molar-refractivity contribution in [3.63, 3.8) is 0 Å². The van der Waals surface area contributed by atoms with Crippen LogP contribution in [0.1, 0.15) is 20.9 Å². The van der Waals surface area contributed by atoms with E-state index in [1.807, 2.05) is 60.8 Å². The summed E-state index contributed by atoms with van der Waals surface area (Å²) in [5.41, 5.74) is 1.66. The number of hydrogen-bond acceptors (Lipinski definition) is 4. The molecular formula is C20H16N2OS2. The van der Waals surface area contributed by atoms with E-state index in [9.17, 15) is 4.79 Å². The van der Waals surface area contributed by atoms with Gasteiger partial charge in [0.15, 0.2) is 0 Å². The van der Waals surface area contributed by atoms with E-state index in [0.717, 1.165) is 26.4 Å². The molecule has 4 aromatic rings. The summed E-state index contributed by atoms with van der Waals surface area (Å²) >= 11 is 3.32. The Morgan fingerprint density at radius 2 is 1.92 bits per heavy atom. The molecule has 2 heterocycles. The van der Waals surface area contributed by atoms with Crippen molar-refractivity contribution in [2.45, 2.75) is 13.5 Å². The van der Waals surface area contributed by atoms with Gasteiger partial charge in [0.2, 0.25) is 0 Å². The van der Waals surface area contributed by atoms with Crippen molar-refractivity contribution < 1.29 is 4.79 Å². The number of carbonyl (C=O) groups is 1. The number of carbonyl (C=O) groups excluding carboxylic acids is 1. The first kappa shape index (κ1) is 16.0. The lowest BCUT2D eigenvalue weighted by Gasteiger charge is -2.05. The van der Waals surface area contributed by atoms with Gasteiger partial charge >= 0.3 is 0 Å². The highest BCUT2D eigenvalue weighted by molar-refractivity contribution is 7.21. The number of thiazole rings is 1. The first-order valence-electron chi connectivity index (χ1n) is 7.98. The van der Waals surface area contributed by atoms with Crippen LogP contribution in [0, 0.1) is 6.92 Å². The van der Waals surface area contributed by atoms with Crippen LogP contribution in [0.5, 0.6) is 0 Å². The summed E-state index contributed by atoms with van der Waals surface area (Å²) in [4.78, 5) is 19.4. The molecule has 0 atom stereocenters. The Hall–Kier alpha value is -2.50. The number of nitrogens with one attached hydrogen (secondary N) is 1. The van der Waals surface area contributed by atoms with Gasteiger partial charge in [-0.25, -0.2) is 4.98 Å². The zero-order valence-corrected chi connectivity index (χ0v) is 15.3. The highest BCUT2D eigenvalue weighted by Crippen LogP contribution is 2.31. The minimum atomic E-state index is -0.0590. The third-order valence-electron chi connectivity index (χ3n) is 4.05. The lowest BCUT2D eigenvalue weighted by Crippen LogP contribution is -2.22. The molecule has 0 fully saturated rings. The van der Waals surface area contributed by atoms with Gasteiger partial charge in [0, 0.05) is 10.4 Å². The summed E-state index contributed by atoms with van der Waals surface area (Å²) in [7, 11) is 0. The molecule has 1 N–H and O–H groups in total. The van der Waals surface area contributed by atoms with Gasteiger partial charge in [0.25, 0.3) is 5.91 Å². The highest BCUT2D eigenvalue weighted by Gasteiger charge is 2.12. The van der Waals surface area contributed by atoms with Crippen LogP contribution in [-0.4, -0.2) is 10.9 Å². The van der Waals surface area contributed by atoms with E-state index in [-0.39, 0.29) is 5.91 Å². The molecule has 124 valence electrons. The summed E-state index contributed by atoms with van der Waals surface area (Å²) in [6.45, 7) is 2.49. The molecule has 0 aliphatic heterocycles. The first-order chi connectivity index (χ1) is 12.2. The van der Waals surface area contributed by atoms with Crippen molar-refractivity contribution in [3.05, 3.63) is 76.1 Å². The molecule has 3 nitrogen and oxygen atoms in total. The molecule has 0 aliphatic rings. The quantitative estimate of drug-likeness (QED) is 0.536. The molecule has 0 saturated heterocycles. The Bertz CT molecular complexity index is 1030. The van der Waals surface area contributed by atoms with E-state index in [1.165, 1.54) is 4.88 Å². The topological polar surface area (TPSA) is 42.0 Å². The summed E-state index contributed by atoms with van der Waals surface area (Å²) in [6.07, 6.45) is 0. The van der Waals surface area contributed by atoms with Crippen LogP contribution in [0.2, 0.25) is 0 Å². The molecule has 0 bridgehead atoms. The molecule has 0 aliphatic carbocycles. The van der Waals surface area contributed by atoms with Crippen LogP contribution in [0.4, 0.5) is 0 Å². The predicted octanol–water partition coefficient (Wildman–Crippen LogP) is 5.26. The third-order valence-corrected chi connectivity index (χ3v) is 6.24. The summed E-state index contributed by atoms with van der Waals surface area (Å²) < 4.78 is 0. The molecule has 1 amide bonds. The Kier molecular flexibility index (Phi) is 4.34. The van der Waals surface area contributed by atoms with Crippen molar-refractivity contribution in [2.75, 3.05) is 0 Å². The summed E-state index contributed by atoms with van der Waals surface area (Å²) in [6, 6.07) is 17.9. The van der Waals surface area contributed by atoms with E-state index in [1.54, 1.807) is 22.7 Å². The number of amides is 1. The zero-order valence-electron chi connectivity index (χ0n) is 13.7. The predicted molar refractivity (Wildman–Crippen MR) is 105 cm³/mol. The second-order valence-corrected chi connectivity index (χ2v) is 7.78. The molecule has 0 unspecified atom stereocenters. The van der Waals surface area contributed by atoms with Gasteiger partial charge in [0.05, 0.1) is 17.1 Å². The standard InChI is InChI=1S/C20H16N2OS2/c1-13-18(25-20(22-13)17-7-4-10-24-17)12-21-19(23)16-9-8-14-5-2-3-6-15(14)11-16/h2-11H,12H2,1H3,(H,21,23). The summed E-state index contributed by atoms with van der Waals surface area (Å²) in [5.74, 6) is -0.0590. The lowest BCUT2D eigenvalue weighted by molar-refractivity contribution is 0.0951. The maximum atomic E-state index is 12.5. The van der Waals surface area contributed by atoms with Crippen molar-refractivity contribution in [1.82, 2.24) is 10.3 Å². The maximum Gasteiger partial charge on any atom is 0.251 e. The van der Waals surface area contributed by atoms with Crippen LogP contribution in [0.15, 0.2) is 60.0 Å². The van der Waals surface area contributed by atoms with Crippen LogP contribution in [0.25, 0.3) is 20.7 Å². The third kappa shape index (κ3) is 3.34. The molecule has 4 rings (SSSR count). The maximum absolute atomic E-state index is 12.5. The second kappa shape index (κ2) is 6.78. The molecule has 2 aromatic carbocycles. The van der Waals surface area contributed by atoms with Gasteiger partial charge in [-0.1, -0.05) is 36.4 Å². The van der Waals surface area contributed by atoms with Crippen LogP contribution in [0.3, 0.4) is 0 Å². The smallest absolute Gasteiger partial charge is 0.251 e. The molecule has 0 radical (unpaired) electrons. The number of benzene rings is 2. The molecule has 2 aromatic heterocycles. The number of aromatic nitrogens is 1. The van der Waals surface area contributed by atoms with Crippen LogP contribution >= 0.6 is 22.7 Å². The van der Waals surface area contributed by atoms with Crippen molar-refractivity contribution in [3.8, 4) is 9.88 Å². The number of rotatable bonds is 4. The Morgan fingerprint density at radius 3 is 2.72 bits per heavy atom. The number of nitrogens with zero attached hydrogens (tertiary/aromatic N) is 1. The van der Waals surface area contributed by atoms with Gasteiger partial charge in [-0.05, 0) is 41.3 Å². The Labute approximate surface area is 154 Å². The van der Waals surface area contributed by atoms with E-state index in [2.05, 4.69) is 16.4 Å². The van der Waals surface area contributed by atoms with E-state index < -0.39 is 0 Å². The first-order valence-corrected chi connectivity index (χ1v) is 9.67. The molecular weight excluding hydrogens is 348 g/mol. The number of fused-ring (bicyclic) bond motifs is 1. The SMILES string of the molecule is Cc1nc(-c2cccs2)sc1CNC(=O)c1ccc2ccccc2c1. The monoisotopic (exact) mass is 364 g/mol. The van der Waals surface area contributed by atoms with Crippen LogP contribution < -0.4 is 5.32 Å². The van der Waals surface area contributed by atoms with Gasteiger partial charge in [-0.2, -0.15) is 0 Å². The largest absolute Gasteiger partial charge is 0.347 e. The summed E-state index contributed by atoms with van der Waals surface area (Å²) in [5, 5.41) is 8.29. The van der Waals surface area contributed by atoms with Gasteiger partial charge in [-0.3, -0.25) is 4.79 Å². The van der Waals surface area contributed by atoms with Crippen molar-refractivity contribution in [2.24, 2.45) is 0 Å². The van der Waals surface area contributed by atoms with Gasteiger partial charge < -0.3 is 5.32 Å². The fraction of sp³-hybridized carbons (Fsp3) is 0.100. The fourth-order valence-electron chi connectivity index (χ4n) is 2.69. The average molecular weight is 364 g/mol. The molecule has 5 heteroatoms. The average Bonchev–Trinajstić information content (AvgIpc) is 3.29. The normalized spacial score (nSPS) is 10.9.